The van der Waals surface area contributed by atoms with Gasteiger partial charge >= 0.3 is 0 Å². The number of carbonyl (C=O) groups excluding carboxylic acids is 1. The molecule has 1 saturated carbocycles. The number of fused-ring (bicyclic) bond motifs is 1. The molecule has 2 aliphatic heterocycles. The summed E-state index contributed by atoms with van der Waals surface area (Å²) in [6.07, 6.45) is 5.76. The quantitative estimate of drug-likeness (QED) is 0.636. The van der Waals surface area contributed by atoms with Crippen LogP contribution >= 0.6 is 0 Å². The molecular formula is C19H26FN3O2. The van der Waals surface area contributed by atoms with Crippen molar-refractivity contribution in [1.29, 1.82) is 0 Å². The third kappa shape index (κ3) is 2.96. The number of carbonyl (C=O) groups is 1. The normalized spacial score (nSPS) is 30.0. The van der Waals surface area contributed by atoms with Crippen LogP contribution in [0.1, 0.15) is 47.2 Å². The molecule has 0 aromatic heterocycles. The van der Waals surface area contributed by atoms with Gasteiger partial charge in [-0.2, -0.15) is 0 Å². The lowest BCUT2D eigenvalue weighted by Gasteiger charge is -2.56. The molecule has 0 radical (unpaired) electrons. The number of hydroxylamine groups is 1. The van der Waals surface area contributed by atoms with Crippen molar-refractivity contribution in [2.45, 2.75) is 44.7 Å². The summed E-state index contributed by atoms with van der Waals surface area (Å²) < 4.78 is 14.5. The van der Waals surface area contributed by atoms with Crippen LogP contribution in [0.4, 0.5) is 4.39 Å². The second-order valence-electron chi connectivity index (χ2n) is 8.13. The molecule has 0 unspecified atom stereocenters. The molecule has 5 nitrogen and oxygen atoms in total. The summed E-state index contributed by atoms with van der Waals surface area (Å²) in [5.74, 6) is -1.27. The number of hydrogen-bond donors (Lipinski definition) is 2. The number of piperidine rings is 1. The van der Waals surface area contributed by atoms with E-state index in [2.05, 4.69) is 16.8 Å². The molecule has 1 aromatic carbocycles. The second-order valence-corrected chi connectivity index (χ2v) is 8.13. The zero-order valence-electron chi connectivity index (χ0n) is 14.7. The molecule has 4 rings (SSSR count). The molecule has 1 saturated heterocycles. The van der Waals surface area contributed by atoms with Gasteiger partial charge in [-0.05, 0) is 68.3 Å². The number of likely N-dealkylation sites (tertiary alicyclic amines) is 1. The van der Waals surface area contributed by atoms with Gasteiger partial charge in [0.1, 0.15) is 5.82 Å². The van der Waals surface area contributed by atoms with Gasteiger partial charge in [0.2, 0.25) is 0 Å². The van der Waals surface area contributed by atoms with Gasteiger partial charge in [-0.15, -0.1) is 0 Å². The van der Waals surface area contributed by atoms with Gasteiger partial charge in [0.15, 0.2) is 0 Å². The van der Waals surface area contributed by atoms with Crippen LogP contribution in [0.15, 0.2) is 12.1 Å². The third-order valence-corrected chi connectivity index (χ3v) is 6.41. The topological polar surface area (TPSA) is 55.8 Å². The standard InChI is InChI=1S/C19H26FN3O2/c1-22-7-2-6-19(12-22)9-14(10-19)23-8-5-15-13(11-23)3-4-16(17(15)20)18(24)21-25/h3-4,14,25H,2,5-12H2,1H3,(H,21,24). The molecule has 0 bridgehead atoms. The summed E-state index contributed by atoms with van der Waals surface area (Å²) >= 11 is 0. The van der Waals surface area contributed by atoms with Crippen LogP contribution in [0, 0.1) is 11.2 Å². The minimum absolute atomic E-state index is 0.0810. The van der Waals surface area contributed by atoms with E-state index < -0.39 is 11.7 Å². The summed E-state index contributed by atoms with van der Waals surface area (Å²) in [5, 5.41) is 8.73. The number of amides is 1. The van der Waals surface area contributed by atoms with Crippen molar-refractivity contribution in [3.8, 4) is 0 Å². The molecule has 1 aromatic rings. The lowest BCUT2D eigenvalue weighted by Crippen LogP contribution is -2.57. The Balaban J connectivity index is 1.44. The van der Waals surface area contributed by atoms with Crippen LogP contribution in [0.2, 0.25) is 0 Å². The molecule has 2 N–H and O–H groups in total. The van der Waals surface area contributed by atoms with E-state index in [4.69, 9.17) is 5.21 Å². The number of nitrogens with zero attached hydrogens (tertiary/aromatic N) is 2. The van der Waals surface area contributed by atoms with Gasteiger partial charge in [-0.3, -0.25) is 14.9 Å². The molecule has 1 aliphatic carbocycles. The zero-order chi connectivity index (χ0) is 17.6. The molecule has 1 amide bonds. The summed E-state index contributed by atoms with van der Waals surface area (Å²) in [6, 6.07) is 3.91. The monoisotopic (exact) mass is 347 g/mol. The molecule has 3 aliphatic rings. The van der Waals surface area contributed by atoms with Crippen molar-refractivity contribution < 1.29 is 14.4 Å². The molecule has 6 heteroatoms. The number of hydrogen-bond acceptors (Lipinski definition) is 4. The van der Waals surface area contributed by atoms with Gasteiger partial charge < -0.3 is 4.90 Å². The lowest BCUT2D eigenvalue weighted by molar-refractivity contribution is -0.0489. The van der Waals surface area contributed by atoms with Crippen molar-refractivity contribution in [3.05, 3.63) is 34.6 Å². The van der Waals surface area contributed by atoms with E-state index >= 15 is 0 Å². The Morgan fingerprint density at radius 1 is 1.36 bits per heavy atom. The highest BCUT2D eigenvalue weighted by Gasteiger charge is 2.48. The van der Waals surface area contributed by atoms with E-state index in [1.54, 1.807) is 0 Å². The predicted octanol–water partition coefficient (Wildman–Crippen LogP) is 2.18. The molecule has 1 spiro atoms. The number of halogens is 1. The highest BCUT2D eigenvalue weighted by atomic mass is 19.1. The molecule has 0 atom stereocenters. The summed E-state index contributed by atoms with van der Waals surface area (Å²) in [5.41, 5.74) is 3.54. The van der Waals surface area contributed by atoms with E-state index in [1.807, 2.05) is 6.07 Å². The summed E-state index contributed by atoms with van der Waals surface area (Å²) in [6.45, 7) is 4.02. The average molecular weight is 347 g/mol. The van der Waals surface area contributed by atoms with Crippen LogP contribution in [-0.4, -0.2) is 53.6 Å². The smallest absolute Gasteiger partial charge is 0.277 e. The highest BCUT2D eigenvalue weighted by molar-refractivity contribution is 5.94. The first-order valence-corrected chi connectivity index (χ1v) is 9.19. The van der Waals surface area contributed by atoms with Crippen molar-refractivity contribution in [2.75, 3.05) is 26.7 Å². The first kappa shape index (κ1) is 16.9. The van der Waals surface area contributed by atoms with E-state index in [-0.39, 0.29) is 5.56 Å². The first-order valence-electron chi connectivity index (χ1n) is 9.19. The van der Waals surface area contributed by atoms with Crippen LogP contribution in [-0.2, 0) is 13.0 Å². The average Bonchev–Trinajstić information content (AvgIpc) is 2.59. The maximum Gasteiger partial charge on any atom is 0.277 e. The number of benzene rings is 1. The van der Waals surface area contributed by atoms with Crippen molar-refractivity contribution >= 4 is 5.91 Å². The number of nitrogens with one attached hydrogen (secondary N) is 1. The van der Waals surface area contributed by atoms with Gasteiger partial charge in [-0.1, -0.05) is 6.07 Å². The minimum atomic E-state index is -0.787. The van der Waals surface area contributed by atoms with Crippen LogP contribution < -0.4 is 5.48 Å². The number of rotatable bonds is 2. The Kier molecular flexibility index (Phi) is 4.30. The fraction of sp³-hybridized carbons (Fsp3) is 0.632. The maximum atomic E-state index is 14.5. The highest BCUT2D eigenvalue weighted by Crippen LogP contribution is 2.50. The fourth-order valence-electron chi connectivity index (χ4n) is 5.17. The van der Waals surface area contributed by atoms with Crippen LogP contribution in [0.5, 0.6) is 0 Å². The Hall–Kier alpha value is -1.50. The van der Waals surface area contributed by atoms with Gasteiger partial charge in [0.05, 0.1) is 5.56 Å². The first-order chi connectivity index (χ1) is 12.0. The van der Waals surface area contributed by atoms with Crippen LogP contribution in [0.25, 0.3) is 0 Å². The Bertz CT molecular complexity index is 687. The van der Waals surface area contributed by atoms with E-state index in [0.29, 0.717) is 23.4 Å². The molecular weight excluding hydrogens is 321 g/mol. The third-order valence-electron chi connectivity index (χ3n) is 6.41. The Morgan fingerprint density at radius 2 is 2.16 bits per heavy atom. The molecule has 136 valence electrons. The minimum Gasteiger partial charge on any atom is -0.306 e. The SMILES string of the molecule is CN1CCCC2(CC(N3CCc4c(ccc(C(=O)NO)c4F)C3)C2)C1. The van der Waals surface area contributed by atoms with Crippen molar-refractivity contribution in [2.24, 2.45) is 5.41 Å². The summed E-state index contributed by atoms with van der Waals surface area (Å²) in [7, 11) is 2.22. The molecule has 2 heterocycles. The van der Waals surface area contributed by atoms with Gasteiger partial charge in [0, 0.05) is 25.7 Å². The van der Waals surface area contributed by atoms with Crippen molar-refractivity contribution in [1.82, 2.24) is 15.3 Å². The predicted molar refractivity (Wildman–Crippen MR) is 92.0 cm³/mol. The molecule has 2 fully saturated rings. The molecule has 25 heavy (non-hydrogen) atoms. The largest absolute Gasteiger partial charge is 0.306 e. The van der Waals surface area contributed by atoms with Gasteiger partial charge in [0.25, 0.3) is 5.91 Å². The van der Waals surface area contributed by atoms with Crippen LogP contribution in [0.3, 0.4) is 0 Å². The van der Waals surface area contributed by atoms with E-state index in [9.17, 15) is 9.18 Å². The van der Waals surface area contributed by atoms with E-state index in [1.165, 1.54) is 50.3 Å². The Morgan fingerprint density at radius 3 is 2.88 bits per heavy atom. The maximum absolute atomic E-state index is 14.5. The summed E-state index contributed by atoms with van der Waals surface area (Å²) in [4.78, 5) is 16.5. The Labute approximate surface area is 147 Å². The van der Waals surface area contributed by atoms with Gasteiger partial charge in [-0.25, -0.2) is 9.87 Å². The second kappa shape index (κ2) is 6.34. The van der Waals surface area contributed by atoms with E-state index in [0.717, 1.165) is 18.7 Å². The fourth-order valence-corrected chi connectivity index (χ4v) is 5.17. The van der Waals surface area contributed by atoms with Crippen molar-refractivity contribution in [3.63, 3.8) is 0 Å². The zero-order valence-corrected chi connectivity index (χ0v) is 14.7. The lowest BCUT2D eigenvalue weighted by atomic mass is 9.61.